The summed E-state index contributed by atoms with van der Waals surface area (Å²) in [6, 6.07) is -0.0365. The number of hydrogen-bond acceptors (Lipinski definition) is 3. The average Bonchev–Trinajstić information content (AvgIpc) is 2.36. The Labute approximate surface area is 149 Å². The summed E-state index contributed by atoms with van der Waals surface area (Å²) in [5, 5.41) is 11.0. The van der Waals surface area contributed by atoms with E-state index in [2.05, 4.69) is 21.2 Å². The highest BCUT2D eigenvalue weighted by Gasteiger charge is 2.37. The molecule has 1 amide bonds. The van der Waals surface area contributed by atoms with Gasteiger partial charge in [-0.25, -0.2) is 9.18 Å². The maximum atomic E-state index is 14.3. The molecule has 25 heavy (non-hydrogen) atoms. The molecule has 2 N–H and O–H groups in total. The van der Waals surface area contributed by atoms with Crippen molar-refractivity contribution >= 4 is 28.0 Å². The van der Waals surface area contributed by atoms with E-state index in [0.717, 1.165) is 6.07 Å². The Morgan fingerprint density at radius 2 is 1.84 bits per heavy atom. The highest BCUT2D eigenvalue weighted by atomic mass is 79.9. The van der Waals surface area contributed by atoms with Crippen LogP contribution >= 0.6 is 15.9 Å². The van der Waals surface area contributed by atoms with Crippen molar-refractivity contribution in [3.8, 4) is 0 Å². The van der Waals surface area contributed by atoms with E-state index < -0.39 is 53.2 Å². The molecule has 5 nitrogen and oxygen atoms in total. The first-order chi connectivity index (χ1) is 11.2. The lowest BCUT2D eigenvalue weighted by molar-refractivity contribution is -0.140. The van der Waals surface area contributed by atoms with Crippen LogP contribution in [0.4, 0.5) is 22.4 Å². The summed E-state index contributed by atoms with van der Waals surface area (Å²) >= 11 is 2.83. The zero-order chi connectivity index (χ0) is 19.6. The molecule has 0 heterocycles. The molecule has 0 bridgehead atoms. The fourth-order valence-electron chi connectivity index (χ4n) is 1.93. The first-order valence-electron chi connectivity index (χ1n) is 6.98. The quantitative estimate of drug-likeness (QED) is 0.683. The summed E-state index contributed by atoms with van der Waals surface area (Å²) in [6.45, 7) is 4.63. The highest BCUT2D eigenvalue weighted by Crippen LogP contribution is 2.37. The van der Waals surface area contributed by atoms with Crippen LogP contribution in [0.5, 0.6) is 0 Å². The molecule has 140 valence electrons. The van der Waals surface area contributed by atoms with Gasteiger partial charge >= 0.3 is 18.2 Å². The number of rotatable bonds is 4. The molecule has 1 rings (SSSR count). The number of nitrogens with one attached hydrogen (secondary N) is 1. The van der Waals surface area contributed by atoms with E-state index in [1.165, 1.54) is 0 Å². The predicted molar refractivity (Wildman–Crippen MR) is 83.5 cm³/mol. The lowest BCUT2D eigenvalue weighted by Crippen LogP contribution is -2.36. The van der Waals surface area contributed by atoms with Gasteiger partial charge in [-0.15, -0.1) is 0 Å². The molecular weight excluding hydrogens is 414 g/mol. The van der Waals surface area contributed by atoms with Gasteiger partial charge in [-0.1, -0.05) is 15.9 Å². The molecule has 0 aliphatic carbocycles. The number of carboxylic acid groups (broad SMARTS) is 1. The minimum absolute atomic E-state index is 0.113. The van der Waals surface area contributed by atoms with Crippen LogP contribution < -0.4 is 5.32 Å². The van der Waals surface area contributed by atoms with Gasteiger partial charge in [0.25, 0.3) is 0 Å². The number of benzene rings is 1. The first kappa shape index (κ1) is 21.2. The summed E-state index contributed by atoms with van der Waals surface area (Å²) in [5.41, 5.74) is -3.11. The number of alkyl halides is 3. The molecule has 0 saturated carbocycles. The van der Waals surface area contributed by atoms with E-state index in [-0.39, 0.29) is 4.47 Å². The molecule has 0 saturated heterocycles. The van der Waals surface area contributed by atoms with Gasteiger partial charge in [0, 0.05) is 10.0 Å². The lowest BCUT2D eigenvalue weighted by atomic mass is 10.00. The molecule has 1 atom stereocenters. The van der Waals surface area contributed by atoms with Crippen molar-refractivity contribution in [1.82, 2.24) is 5.32 Å². The third kappa shape index (κ3) is 6.52. The Kier molecular flexibility index (Phi) is 6.44. The molecule has 0 spiro atoms. The second-order valence-electron chi connectivity index (χ2n) is 6.15. The number of amides is 1. The maximum absolute atomic E-state index is 14.3. The topological polar surface area (TPSA) is 75.6 Å². The standard InChI is InChI=1S/C15H16BrF4NO4/c1-14(2,3)25-13(24)21-10(6-11(22)23)8-4-7(16)5-9(12(8)17)15(18,19)20/h4-5,10H,6H2,1-3H3,(H,21,24)(H,22,23)/t10-/m0/s1. The fraction of sp³-hybridized carbons (Fsp3) is 0.467. The summed E-state index contributed by atoms with van der Waals surface area (Å²) in [4.78, 5) is 22.8. The van der Waals surface area contributed by atoms with Gasteiger partial charge in [0.05, 0.1) is 18.0 Å². The SMILES string of the molecule is CC(C)(C)OC(=O)N[C@@H](CC(=O)O)c1cc(Br)cc(C(F)(F)F)c1F. The van der Waals surface area contributed by atoms with Crippen molar-refractivity contribution < 1.29 is 37.0 Å². The van der Waals surface area contributed by atoms with Crippen molar-refractivity contribution in [1.29, 1.82) is 0 Å². The summed E-state index contributed by atoms with van der Waals surface area (Å²) < 4.78 is 57.9. The largest absolute Gasteiger partial charge is 0.481 e. The van der Waals surface area contributed by atoms with Crippen LogP contribution in [0.25, 0.3) is 0 Å². The zero-order valence-corrected chi connectivity index (χ0v) is 15.1. The number of carbonyl (C=O) groups is 2. The number of alkyl carbamates (subject to hydrolysis) is 1. The van der Waals surface area contributed by atoms with Crippen LogP contribution in [0.1, 0.15) is 44.4 Å². The van der Waals surface area contributed by atoms with Crippen LogP contribution in [0.15, 0.2) is 16.6 Å². The van der Waals surface area contributed by atoms with Gasteiger partial charge in [0.15, 0.2) is 0 Å². The van der Waals surface area contributed by atoms with E-state index in [1.807, 2.05) is 0 Å². The van der Waals surface area contributed by atoms with Gasteiger partial charge in [-0.05, 0) is 32.9 Å². The zero-order valence-electron chi connectivity index (χ0n) is 13.5. The fourth-order valence-corrected chi connectivity index (χ4v) is 2.41. The van der Waals surface area contributed by atoms with Crippen molar-refractivity contribution in [2.24, 2.45) is 0 Å². The second kappa shape index (κ2) is 7.59. The van der Waals surface area contributed by atoms with Crippen LogP contribution in [0, 0.1) is 5.82 Å². The summed E-state index contributed by atoms with van der Waals surface area (Å²) in [7, 11) is 0. The van der Waals surface area contributed by atoms with Crippen LogP contribution in [0.2, 0.25) is 0 Å². The summed E-state index contributed by atoms with van der Waals surface area (Å²) in [5.74, 6) is -3.09. The van der Waals surface area contributed by atoms with E-state index in [4.69, 9.17) is 9.84 Å². The van der Waals surface area contributed by atoms with Gasteiger partial charge in [-0.2, -0.15) is 13.2 Å². The third-order valence-electron chi connectivity index (χ3n) is 2.82. The Morgan fingerprint density at radius 1 is 1.28 bits per heavy atom. The molecule has 0 fully saturated rings. The Balaban J connectivity index is 3.30. The molecule has 0 aromatic heterocycles. The monoisotopic (exact) mass is 429 g/mol. The number of hydrogen-bond donors (Lipinski definition) is 2. The summed E-state index contributed by atoms with van der Waals surface area (Å²) in [6.07, 6.45) is -6.89. The molecule has 0 aliphatic rings. The van der Waals surface area contributed by atoms with E-state index in [9.17, 15) is 27.2 Å². The minimum atomic E-state index is -4.98. The van der Waals surface area contributed by atoms with Gasteiger partial charge in [-0.3, -0.25) is 4.79 Å². The van der Waals surface area contributed by atoms with Crippen molar-refractivity contribution in [3.05, 3.63) is 33.5 Å². The van der Waals surface area contributed by atoms with Crippen molar-refractivity contribution in [3.63, 3.8) is 0 Å². The van der Waals surface area contributed by atoms with Crippen LogP contribution in [-0.2, 0) is 15.7 Å². The second-order valence-corrected chi connectivity index (χ2v) is 7.07. The Bertz CT molecular complexity index is 671. The van der Waals surface area contributed by atoms with Crippen LogP contribution in [0.3, 0.4) is 0 Å². The molecule has 10 heteroatoms. The average molecular weight is 430 g/mol. The minimum Gasteiger partial charge on any atom is -0.481 e. The third-order valence-corrected chi connectivity index (χ3v) is 3.27. The molecule has 1 aromatic rings. The number of aliphatic carboxylic acids is 1. The van der Waals surface area contributed by atoms with Crippen LogP contribution in [-0.4, -0.2) is 22.8 Å². The molecule has 0 radical (unpaired) electrons. The molecule has 0 unspecified atom stereocenters. The van der Waals surface area contributed by atoms with Gasteiger partial charge < -0.3 is 15.2 Å². The van der Waals surface area contributed by atoms with E-state index >= 15 is 0 Å². The van der Waals surface area contributed by atoms with E-state index in [0.29, 0.717) is 6.07 Å². The lowest BCUT2D eigenvalue weighted by Gasteiger charge is -2.24. The normalized spacial score (nSPS) is 13.3. The van der Waals surface area contributed by atoms with Gasteiger partial charge in [0.2, 0.25) is 0 Å². The number of ether oxygens (including phenoxy) is 1. The molecular formula is C15H16BrF4NO4. The maximum Gasteiger partial charge on any atom is 0.419 e. The number of carbonyl (C=O) groups excluding carboxylic acids is 1. The van der Waals surface area contributed by atoms with E-state index in [1.54, 1.807) is 20.8 Å². The number of carboxylic acids is 1. The Hall–Kier alpha value is -1.84. The smallest absolute Gasteiger partial charge is 0.419 e. The number of halogens is 5. The Morgan fingerprint density at radius 3 is 2.28 bits per heavy atom. The van der Waals surface area contributed by atoms with Crippen molar-refractivity contribution in [2.45, 2.75) is 45.0 Å². The molecule has 0 aliphatic heterocycles. The highest BCUT2D eigenvalue weighted by molar-refractivity contribution is 9.10. The first-order valence-corrected chi connectivity index (χ1v) is 7.77. The van der Waals surface area contributed by atoms with Gasteiger partial charge in [0.1, 0.15) is 11.4 Å². The predicted octanol–water partition coefficient (Wildman–Crippen LogP) is 4.65. The molecule has 1 aromatic carbocycles. The van der Waals surface area contributed by atoms with Crippen molar-refractivity contribution in [2.75, 3.05) is 0 Å².